The second-order valence-electron chi connectivity index (χ2n) is 1.97. The van der Waals surface area contributed by atoms with Crippen LogP contribution in [0.25, 0.3) is 0 Å². The molecule has 0 aliphatic carbocycles. The summed E-state index contributed by atoms with van der Waals surface area (Å²) in [6.45, 7) is 4.03. The summed E-state index contributed by atoms with van der Waals surface area (Å²) in [4.78, 5) is 14.4. The van der Waals surface area contributed by atoms with Gasteiger partial charge in [0.2, 0.25) is 0 Å². The van der Waals surface area contributed by atoms with Crippen molar-refractivity contribution in [2.75, 3.05) is 0 Å². The summed E-state index contributed by atoms with van der Waals surface area (Å²) in [6, 6.07) is 0. The Morgan fingerprint density at radius 2 is 2.60 bits per heavy atom. The standard InChI is InChI=1S/C6H9N3O/c1-3-4-9-6(10)7-5-8(9)2/h3,5H,1,4H2,2H3. The minimum atomic E-state index is -0.234. The summed E-state index contributed by atoms with van der Waals surface area (Å²) < 4.78 is 3.11. The first kappa shape index (κ1) is 6.80. The van der Waals surface area contributed by atoms with Gasteiger partial charge in [0.15, 0.2) is 0 Å². The lowest BCUT2D eigenvalue weighted by atomic mass is 10.6. The largest absolute Gasteiger partial charge is 0.364 e. The molecule has 0 aliphatic heterocycles. The van der Waals surface area contributed by atoms with E-state index in [-0.39, 0.29) is 5.69 Å². The Hall–Kier alpha value is -1.32. The number of hydrogen-bond donors (Lipinski definition) is 0. The molecule has 1 heterocycles. The topological polar surface area (TPSA) is 39.8 Å². The third kappa shape index (κ3) is 1.00. The molecule has 0 spiro atoms. The van der Waals surface area contributed by atoms with E-state index in [4.69, 9.17) is 0 Å². The van der Waals surface area contributed by atoms with Gasteiger partial charge in [0.1, 0.15) is 6.33 Å². The molecular formula is C6H9N3O. The zero-order valence-electron chi connectivity index (χ0n) is 5.82. The smallest absolute Gasteiger partial charge is 0.273 e. The Morgan fingerprint density at radius 3 is 3.00 bits per heavy atom. The molecule has 0 bridgehead atoms. The maximum absolute atomic E-state index is 10.8. The zero-order valence-corrected chi connectivity index (χ0v) is 5.82. The predicted octanol–water partition coefficient (Wildman–Crippen LogP) is -0.232. The van der Waals surface area contributed by atoms with Gasteiger partial charge in [-0.25, -0.2) is 9.48 Å². The molecule has 1 aromatic rings. The number of aromatic nitrogens is 3. The lowest BCUT2D eigenvalue weighted by molar-refractivity contribution is 0.543. The van der Waals surface area contributed by atoms with Gasteiger partial charge in [-0.15, -0.1) is 6.58 Å². The highest BCUT2D eigenvalue weighted by molar-refractivity contribution is 4.71. The van der Waals surface area contributed by atoms with Crippen LogP contribution in [0.2, 0.25) is 0 Å². The van der Waals surface area contributed by atoms with E-state index in [9.17, 15) is 4.79 Å². The van der Waals surface area contributed by atoms with Gasteiger partial charge >= 0.3 is 5.69 Å². The molecule has 0 amide bonds. The van der Waals surface area contributed by atoms with Crippen LogP contribution < -0.4 is 5.69 Å². The number of rotatable bonds is 2. The highest BCUT2D eigenvalue weighted by Gasteiger charge is 1.95. The number of allylic oxidation sites excluding steroid dienone is 1. The highest BCUT2D eigenvalue weighted by atomic mass is 16.2. The fourth-order valence-electron chi connectivity index (χ4n) is 0.726. The van der Waals surface area contributed by atoms with Crippen LogP contribution >= 0.6 is 0 Å². The molecule has 0 N–H and O–H groups in total. The van der Waals surface area contributed by atoms with Crippen molar-refractivity contribution in [2.45, 2.75) is 6.54 Å². The summed E-state index contributed by atoms with van der Waals surface area (Å²) >= 11 is 0. The van der Waals surface area contributed by atoms with E-state index in [1.165, 1.54) is 11.0 Å². The molecular weight excluding hydrogens is 130 g/mol. The summed E-state index contributed by atoms with van der Waals surface area (Å²) in [5.74, 6) is 0. The van der Waals surface area contributed by atoms with Crippen molar-refractivity contribution in [1.82, 2.24) is 14.3 Å². The molecule has 0 atom stereocenters. The first-order valence-corrected chi connectivity index (χ1v) is 2.95. The van der Waals surface area contributed by atoms with Gasteiger partial charge < -0.3 is 0 Å². The third-order valence-corrected chi connectivity index (χ3v) is 1.24. The molecule has 1 rings (SSSR count). The summed E-state index contributed by atoms with van der Waals surface area (Å²) in [7, 11) is 1.76. The Balaban J connectivity index is 3.10. The van der Waals surface area contributed by atoms with Crippen LogP contribution in [0.15, 0.2) is 23.8 Å². The number of nitrogens with zero attached hydrogens (tertiary/aromatic N) is 3. The lowest BCUT2D eigenvalue weighted by Gasteiger charge is -1.99. The molecule has 54 valence electrons. The first-order chi connectivity index (χ1) is 4.75. The van der Waals surface area contributed by atoms with Gasteiger partial charge in [0.05, 0.1) is 6.54 Å². The van der Waals surface area contributed by atoms with Crippen LogP contribution in [0.1, 0.15) is 0 Å². The van der Waals surface area contributed by atoms with Crippen molar-refractivity contribution in [2.24, 2.45) is 7.05 Å². The van der Waals surface area contributed by atoms with Crippen molar-refractivity contribution in [3.63, 3.8) is 0 Å². The van der Waals surface area contributed by atoms with Crippen LogP contribution in [-0.4, -0.2) is 14.3 Å². The van der Waals surface area contributed by atoms with Crippen molar-refractivity contribution in [1.29, 1.82) is 0 Å². The van der Waals surface area contributed by atoms with Gasteiger partial charge in [-0.05, 0) is 0 Å². The SMILES string of the molecule is C=CCn1c(=O)ncn1C. The second kappa shape index (κ2) is 2.51. The highest BCUT2D eigenvalue weighted by Crippen LogP contribution is 1.78. The van der Waals surface area contributed by atoms with Crippen LogP contribution in [-0.2, 0) is 13.6 Å². The van der Waals surface area contributed by atoms with Crippen LogP contribution in [0, 0.1) is 0 Å². The van der Waals surface area contributed by atoms with Crippen LogP contribution in [0.3, 0.4) is 0 Å². The van der Waals surface area contributed by atoms with Crippen LogP contribution in [0.5, 0.6) is 0 Å². The van der Waals surface area contributed by atoms with Crippen molar-refractivity contribution < 1.29 is 0 Å². The van der Waals surface area contributed by atoms with Crippen LogP contribution in [0.4, 0.5) is 0 Å². The Kier molecular flexibility index (Phi) is 1.71. The first-order valence-electron chi connectivity index (χ1n) is 2.95. The second-order valence-corrected chi connectivity index (χ2v) is 1.97. The molecule has 0 fully saturated rings. The maximum atomic E-state index is 10.8. The molecule has 0 saturated heterocycles. The normalized spacial score (nSPS) is 9.70. The predicted molar refractivity (Wildman–Crippen MR) is 37.7 cm³/mol. The summed E-state index contributed by atoms with van der Waals surface area (Å²) in [5.41, 5.74) is -0.234. The average Bonchev–Trinajstić information content (AvgIpc) is 2.20. The molecule has 0 unspecified atom stereocenters. The molecule has 4 heteroatoms. The zero-order chi connectivity index (χ0) is 7.56. The molecule has 0 radical (unpaired) electrons. The maximum Gasteiger partial charge on any atom is 0.364 e. The third-order valence-electron chi connectivity index (χ3n) is 1.24. The van der Waals surface area contributed by atoms with Crippen molar-refractivity contribution in [3.8, 4) is 0 Å². The average molecular weight is 139 g/mol. The number of aryl methyl sites for hydroxylation is 1. The Labute approximate surface area is 58.4 Å². The van der Waals surface area contributed by atoms with E-state index >= 15 is 0 Å². The van der Waals surface area contributed by atoms with E-state index in [0.29, 0.717) is 6.54 Å². The minimum absolute atomic E-state index is 0.234. The molecule has 0 aromatic carbocycles. The van der Waals surface area contributed by atoms with Gasteiger partial charge in [-0.1, -0.05) is 6.08 Å². The lowest BCUT2D eigenvalue weighted by Crippen LogP contribution is -2.21. The molecule has 1 aromatic heterocycles. The van der Waals surface area contributed by atoms with Gasteiger partial charge in [0, 0.05) is 7.05 Å². The molecule has 10 heavy (non-hydrogen) atoms. The Bertz CT molecular complexity index is 283. The van der Waals surface area contributed by atoms with E-state index < -0.39 is 0 Å². The molecule has 0 saturated carbocycles. The fraction of sp³-hybridized carbons (Fsp3) is 0.333. The molecule has 4 nitrogen and oxygen atoms in total. The van der Waals surface area contributed by atoms with E-state index in [0.717, 1.165) is 0 Å². The summed E-state index contributed by atoms with van der Waals surface area (Å²) in [5, 5.41) is 0. The Morgan fingerprint density at radius 1 is 1.90 bits per heavy atom. The van der Waals surface area contributed by atoms with E-state index in [2.05, 4.69) is 11.6 Å². The number of hydrogen-bond acceptors (Lipinski definition) is 2. The van der Waals surface area contributed by atoms with E-state index in [1.54, 1.807) is 17.8 Å². The minimum Gasteiger partial charge on any atom is -0.273 e. The van der Waals surface area contributed by atoms with Crippen molar-refractivity contribution >= 4 is 0 Å². The quantitative estimate of drug-likeness (QED) is 0.531. The van der Waals surface area contributed by atoms with Crippen molar-refractivity contribution in [3.05, 3.63) is 29.5 Å². The van der Waals surface area contributed by atoms with Gasteiger partial charge in [-0.3, -0.25) is 4.68 Å². The van der Waals surface area contributed by atoms with Gasteiger partial charge in [0.25, 0.3) is 0 Å². The fourth-order valence-corrected chi connectivity index (χ4v) is 0.726. The monoisotopic (exact) mass is 139 g/mol. The van der Waals surface area contributed by atoms with Gasteiger partial charge in [-0.2, -0.15) is 4.98 Å². The molecule has 0 aliphatic rings. The summed E-state index contributed by atoms with van der Waals surface area (Å²) in [6.07, 6.45) is 3.13. The van der Waals surface area contributed by atoms with E-state index in [1.807, 2.05) is 0 Å².